The number of nitrogens with zero attached hydrogens (tertiary/aromatic N) is 3. The molecular weight excluding hydrogens is 252 g/mol. The lowest BCUT2D eigenvalue weighted by atomic mass is 10.1. The molecule has 20 heavy (non-hydrogen) atoms. The number of oxime groups is 1. The topological polar surface area (TPSA) is 74.7 Å². The average molecular weight is 276 g/mol. The summed E-state index contributed by atoms with van der Waals surface area (Å²) in [5.74, 6) is 1.75. The minimum atomic E-state index is 0.136. The molecule has 1 aromatic rings. The minimum Gasteiger partial charge on any atom is -0.409 e. The fraction of sp³-hybridized carbons (Fsp3) is 0.600. The second kappa shape index (κ2) is 6.11. The zero-order chi connectivity index (χ0) is 14.7. The first-order chi connectivity index (χ1) is 9.51. The van der Waals surface area contributed by atoms with E-state index in [9.17, 15) is 0 Å². The van der Waals surface area contributed by atoms with Crippen molar-refractivity contribution in [3.05, 3.63) is 23.4 Å². The Kier molecular flexibility index (Phi) is 4.47. The molecule has 0 bridgehead atoms. The Morgan fingerprint density at radius 2 is 2.20 bits per heavy atom. The summed E-state index contributed by atoms with van der Waals surface area (Å²) in [5, 5.41) is 11.9. The molecule has 5 nitrogen and oxygen atoms in total. The van der Waals surface area contributed by atoms with Gasteiger partial charge in [-0.1, -0.05) is 19.0 Å². The van der Waals surface area contributed by atoms with E-state index in [4.69, 9.17) is 10.9 Å². The Balaban J connectivity index is 2.26. The number of nitrogens with two attached hydrogens (primary N) is 1. The lowest BCUT2D eigenvalue weighted by Crippen LogP contribution is -2.29. The molecule has 110 valence electrons. The molecule has 0 atom stereocenters. The van der Waals surface area contributed by atoms with E-state index in [2.05, 4.69) is 28.9 Å². The first-order valence-corrected chi connectivity index (χ1v) is 7.24. The molecule has 1 saturated carbocycles. The first kappa shape index (κ1) is 14.6. The predicted molar refractivity (Wildman–Crippen MR) is 81.3 cm³/mol. The molecule has 0 spiro atoms. The van der Waals surface area contributed by atoms with Crippen molar-refractivity contribution >= 4 is 11.7 Å². The molecule has 1 aliphatic carbocycles. The largest absolute Gasteiger partial charge is 0.409 e. The van der Waals surface area contributed by atoms with Gasteiger partial charge >= 0.3 is 0 Å². The van der Waals surface area contributed by atoms with Crippen LogP contribution in [-0.2, 0) is 0 Å². The number of rotatable bonds is 6. The Bertz CT molecular complexity index is 495. The second-order valence-corrected chi connectivity index (χ2v) is 5.95. The molecule has 1 aliphatic rings. The maximum atomic E-state index is 8.84. The summed E-state index contributed by atoms with van der Waals surface area (Å²) in [4.78, 5) is 6.99. The van der Waals surface area contributed by atoms with Crippen LogP contribution in [0.5, 0.6) is 0 Å². The standard InChI is InChI=1S/C15H24N4O/c1-10(2)6-7-19(13-4-5-13)14-9-12(15(16)18-20)8-11(3)17-14/h8-10,13,20H,4-7H2,1-3H3,(H2,16,18). The number of hydrogen-bond donors (Lipinski definition) is 2. The first-order valence-electron chi connectivity index (χ1n) is 7.24. The van der Waals surface area contributed by atoms with Crippen molar-refractivity contribution in [2.75, 3.05) is 11.4 Å². The molecule has 2 rings (SSSR count). The Labute approximate surface area is 120 Å². The molecule has 0 saturated heterocycles. The Morgan fingerprint density at radius 1 is 1.50 bits per heavy atom. The van der Waals surface area contributed by atoms with Crippen molar-refractivity contribution in [3.63, 3.8) is 0 Å². The zero-order valence-corrected chi connectivity index (χ0v) is 12.5. The molecular formula is C15H24N4O. The molecule has 1 aromatic heterocycles. The highest BCUT2D eigenvalue weighted by atomic mass is 16.4. The van der Waals surface area contributed by atoms with Gasteiger partial charge in [0, 0.05) is 23.8 Å². The van der Waals surface area contributed by atoms with E-state index in [0.29, 0.717) is 12.0 Å². The number of hydrogen-bond acceptors (Lipinski definition) is 4. The van der Waals surface area contributed by atoms with E-state index in [1.54, 1.807) is 0 Å². The van der Waals surface area contributed by atoms with Crippen LogP contribution in [0.15, 0.2) is 17.3 Å². The van der Waals surface area contributed by atoms with E-state index in [-0.39, 0.29) is 5.84 Å². The summed E-state index contributed by atoms with van der Waals surface area (Å²) < 4.78 is 0. The monoisotopic (exact) mass is 276 g/mol. The van der Waals surface area contributed by atoms with Crippen molar-refractivity contribution in [2.45, 2.75) is 46.1 Å². The molecule has 0 unspecified atom stereocenters. The molecule has 3 N–H and O–H groups in total. The van der Waals surface area contributed by atoms with Crippen molar-refractivity contribution in [1.82, 2.24) is 4.98 Å². The van der Waals surface area contributed by atoms with Crippen LogP contribution in [0.1, 0.15) is 44.4 Å². The molecule has 0 radical (unpaired) electrons. The van der Waals surface area contributed by atoms with E-state index in [1.165, 1.54) is 12.8 Å². The zero-order valence-electron chi connectivity index (χ0n) is 12.5. The number of aryl methyl sites for hydroxylation is 1. The number of pyridine rings is 1. The van der Waals surface area contributed by atoms with Crippen molar-refractivity contribution in [1.29, 1.82) is 0 Å². The third-order valence-corrected chi connectivity index (χ3v) is 3.57. The fourth-order valence-electron chi connectivity index (χ4n) is 2.27. The van der Waals surface area contributed by atoms with Crippen molar-refractivity contribution < 1.29 is 5.21 Å². The van der Waals surface area contributed by atoms with Crippen LogP contribution in [0.3, 0.4) is 0 Å². The van der Waals surface area contributed by atoms with Gasteiger partial charge < -0.3 is 15.8 Å². The SMILES string of the molecule is Cc1cc(/C(N)=N/O)cc(N(CCC(C)C)C2CC2)n1. The van der Waals surface area contributed by atoms with Crippen LogP contribution in [0.25, 0.3) is 0 Å². The summed E-state index contributed by atoms with van der Waals surface area (Å²) >= 11 is 0. The number of anilines is 1. The maximum Gasteiger partial charge on any atom is 0.170 e. The molecule has 0 aliphatic heterocycles. The van der Waals surface area contributed by atoms with Gasteiger partial charge in [0.25, 0.3) is 0 Å². The van der Waals surface area contributed by atoms with Gasteiger partial charge in [-0.3, -0.25) is 0 Å². The van der Waals surface area contributed by atoms with Crippen LogP contribution in [0.4, 0.5) is 5.82 Å². The quantitative estimate of drug-likeness (QED) is 0.362. The lowest BCUT2D eigenvalue weighted by molar-refractivity contribution is 0.318. The molecule has 0 amide bonds. The summed E-state index contributed by atoms with van der Waals surface area (Å²) in [6.45, 7) is 7.41. The van der Waals surface area contributed by atoms with E-state index in [0.717, 1.165) is 30.0 Å². The summed E-state index contributed by atoms with van der Waals surface area (Å²) in [6, 6.07) is 4.36. The highest BCUT2D eigenvalue weighted by Crippen LogP contribution is 2.31. The summed E-state index contributed by atoms with van der Waals surface area (Å²) in [5.41, 5.74) is 7.32. The van der Waals surface area contributed by atoms with Gasteiger partial charge in [-0.15, -0.1) is 0 Å². The smallest absolute Gasteiger partial charge is 0.170 e. The Hall–Kier alpha value is -1.78. The highest BCUT2D eigenvalue weighted by Gasteiger charge is 2.30. The van der Waals surface area contributed by atoms with Gasteiger partial charge in [0.2, 0.25) is 0 Å². The van der Waals surface area contributed by atoms with Crippen molar-refractivity contribution in [3.8, 4) is 0 Å². The molecule has 5 heteroatoms. The third kappa shape index (κ3) is 3.62. The minimum absolute atomic E-state index is 0.136. The van der Waals surface area contributed by atoms with Gasteiger partial charge in [-0.2, -0.15) is 0 Å². The van der Waals surface area contributed by atoms with Crippen LogP contribution < -0.4 is 10.6 Å². The van der Waals surface area contributed by atoms with Crippen LogP contribution >= 0.6 is 0 Å². The van der Waals surface area contributed by atoms with Gasteiger partial charge in [0.1, 0.15) is 5.82 Å². The third-order valence-electron chi connectivity index (χ3n) is 3.57. The normalized spacial score (nSPS) is 15.7. The average Bonchev–Trinajstić information content (AvgIpc) is 3.21. The predicted octanol–water partition coefficient (Wildman–Crippen LogP) is 2.50. The summed E-state index contributed by atoms with van der Waals surface area (Å²) in [6.07, 6.45) is 3.60. The number of amidine groups is 1. The second-order valence-electron chi connectivity index (χ2n) is 5.95. The summed E-state index contributed by atoms with van der Waals surface area (Å²) in [7, 11) is 0. The molecule has 1 fully saturated rings. The Morgan fingerprint density at radius 3 is 2.75 bits per heavy atom. The van der Waals surface area contributed by atoms with Gasteiger partial charge in [0.15, 0.2) is 5.84 Å². The highest BCUT2D eigenvalue weighted by molar-refractivity contribution is 5.97. The van der Waals surface area contributed by atoms with Crippen LogP contribution in [-0.4, -0.2) is 28.6 Å². The lowest BCUT2D eigenvalue weighted by Gasteiger charge is -2.25. The molecule has 0 aromatic carbocycles. The van der Waals surface area contributed by atoms with Gasteiger partial charge in [-0.05, 0) is 44.2 Å². The van der Waals surface area contributed by atoms with Gasteiger partial charge in [0.05, 0.1) is 0 Å². The van der Waals surface area contributed by atoms with Crippen LogP contribution in [0.2, 0.25) is 0 Å². The van der Waals surface area contributed by atoms with Gasteiger partial charge in [-0.25, -0.2) is 4.98 Å². The van der Waals surface area contributed by atoms with E-state index < -0.39 is 0 Å². The van der Waals surface area contributed by atoms with E-state index >= 15 is 0 Å². The van der Waals surface area contributed by atoms with Crippen molar-refractivity contribution in [2.24, 2.45) is 16.8 Å². The maximum absolute atomic E-state index is 8.84. The fourth-order valence-corrected chi connectivity index (χ4v) is 2.27. The number of aromatic nitrogens is 1. The van der Waals surface area contributed by atoms with Crippen LogP contribution in [0, 0.1) is 12.8 Å². The van der Waals surface area contributed by atoms with E-state index in [1.807, 2.05) is 19.1 Å². The molecule has 1 heterocycles.